The van der Waals surface area contributed by atoms with E-state index in [9.17, 15) is 43.5 Å². The first-order chi connectivity index (χ1) is 51.2. The Kier molecular flexibility index (Phi) is 76.4. The molecule has 0 aliphatic heterocycles. The number of rotatable bonds is 79. The standard InChI is InChI=1S/C87H152O16P2/c1-4-7-10-13-16-19-22-25-28-30-32-34-36-37-38-39-40-41-42-43-45-47-48-50-53-55-58-61-64-67-70-73-85(90)97-76-82(88)77-99-104(93,94)100-78-83(89)79-101-105(95,96)102-81-84(103-87(92)75-72-69-66-63-60-57-52-27-24-21-18-15-12-9-6-3)80-98-86(91)74-71-68-65-62-59-56-54-51-49-46-44-35-33-31-29-26-23-20-17-14-11-8-5-2/h8,11,16-17,19-20,25-26,28-29,32-35,37-38,46,49,54,56,82-84,88-89H,4-7,9-10,12-15,18,21-24,27,30-31,36,39-45,47-48,50-53,55,57-81H2,1-3H3,(H,93,94)(H,95,96)/b11-8-,19-16-,20-17-,28-25-,29-26-,34-32-,35-33-,38-37-,49-46-,56-54-. The Morgan fingerprint density at radius 1 is 0.276 bits per heavy atom. The van der Waals surface area contributed by atoms with Gasteiger partial charge in [0.05, 0.1) is 26.4 Å². The summed E-state index contributed by atoms with van der Waals surface area (Å²) < 4.78 is 61.2. The first-order valence-electron chi connectivity index (χ1n) is 41.8. The summed E-state index contributed by atoms with van der Waals surface area (Å²) in [7, 11) is -9.80. The van der Waals surface area contributed by atoms with Gasteiger partial charge >= 0.3 is 33.6 Å². The van der Waals surface area contributed by atoms with Gasteiger partial charge in [-0.2, -0.15) is 0 Å². The minimum Gasteiger partial charge on any atom is -0.463 e. The number of aliphatic hydroxyl groups excluding tert-OH is 2. The molecule has 0 spiro atoms. The Labute approximate surface area is 640 Å². The maximum atomic E-state index is 13.0. The lowest BCUT2D eigenvalue weighted by Crippen LogP contribution is -2.30. The molecule has 0 amide bonds. The molecule has 18 heteroatoms. The number of hydrogen-bond donors (Lipinski definition) is 4. The molecule has 0 aliphatic rings. The highest BCUT2D eigenvalue weighted by Gasteiger charge is 2.29. The third-order valence-corrected chi connectivity index (χ3v) is 19.6. The molecule has 0 heterocycles. The molecule has 4 N–H and O–H groups in total. The molecule has 0 rings (SSSR count). The van der Waals surface area contributed by atoms with Gasteiger partial charge in [0.25, 0.3) is 0 Å². The first kappa shape index (κ1) is 101. The number of unbranched alkanes of at least 4 members (excludes halogenated alkanes) is 36. The van der Waals surface area contributed by atoms with Crippen molar-refractivity contribution in [2.45, 2.75) is 373 Å². The zero-order valence-corrected chi connectivity index (χ0v) is 68.2. The highest BCUT2D eigenvalue weighted by molar-refractivity contribution is 7.47. The molecule has 0 saturated heterocycles. The van der Waals surface area contributed by atoms with Gasteiger partial charge in [0.15, 0.2) is 6.10 Å². The third-order valence-electron chi connectivity index (χ3n) is 17.7. The van der Waals surface area contributed by atoms with Crippen LogP contribution >= 0.6 is 15.6 Å². The van der Waals surface area contributed by atoms with Gasteiger partial charge in [0.2, 0.25) is 0 Å². The fourth-order valence-corrected chi connectivity index (χ4v) is 12.9. The van der Waals surface area contributed by atoms with E-state index in [2.05, 4.69) is 142 Å². The molecule has 0 aromatic carbocycles. The van der Waals surface area contributed by atoms with Crippen molar-refractivity contribution in [3.63, 3.8) is 0 Å². The van der Waals surface area contributed by atoms with Crippen molar-refractivity contribution in [1.82, 2.24) is 0 Å². The van der Waals surface area contributed by atoms with E-state index in [4.69, 9.17) is 32.3 Å². The lowest BCUT2D eigenvalue weighted by atomic mass is 10.0. The summed E-state index contributed by atoms with van der Waals surface area (Å²) in [4.78, 5) is 58.7. The Hall–Kier alpha value is -4.05. The summed E-state index contributed by atoms with van der Waals surface area (Å²) in [6, 6.07) is 0. The van der Waals surface area contributed by atoms with Crippen molar-refractivity contribution in [2.75, 3.05) is 39.6 Å². The predicted octanol–water partition coefficient (Wildman–Crippen LogP) is 24.9. The molecule has 5 unspecified atom stereocenters. The van der Waals surface area contributed by atoms with Crippen LogP contribution in [0.25, 0.3) is 0 Å². The van der Waals surface area contributed by atoms with Crippen LogP contribution in [0, 0.1) is 0 Å². The molecule has 0 fully saturated rings. The molecule has 0 aliphatic carbocycles. The minimum absolute atomic E-state index is 0.100. The van der Waals surface area contributed by atoms with E-state index < -0.39 is 91.5 Å². The molecule has 0 aromatic rings. The molecule has 0 aromatic heterocycles. The van der Waals surface area contributed by atoms with Crippen LogP contribution < -0.4 is 0 Å². The second-order valence-electron chi connectivity index (χ2n) is 27.9. The lowest BCUT2D eigenvalue weighted by molar-refractivity contribution is -0.161. The lowest BCUT2D eigenvalue weighted by Gasteiger charge is -2.21. The number of carbonyl (C=O) groups excluding carboxylic acids is 3. The maximum absolute atomic E-state index is 13.0. The molecule has 0 radical (unpaired) electrons. The molecule has 16 nitrogen and oxygen atoms in total. The highest BCUT2D eigenvalue weighted by Crippen LogP contribution is 2.45. The van der Waals surface area contributed by atoms with Crippen molar-refractivity contribution in [2.24, 2.45) is 0 Å². The van der Waals surface area contributed by atoms with E-state index in [0.717, 1.165) is 128 Å². The van der Waals surface area contributed by atoms with Gasteiger partial charge in [-0.3, -0.25) is 32.5 Å². The molecule has 5 atom stereocenters. The van der Waals surface area contributed by atoms with Crippen molar-refractivity contribution >= 4 is 33.6 Å². The highest BCUT2D eigenvalue weighted by atomic mass is 31.2. The summed E-state index contributed by atoms with van der Waals surface area (Å²) in [5.74, 6) is -1.59. The monoisotopic (exact) mass is 1520 g/mol. The van der Waals surface area contributed by atoms with Crippen molar-refractivity contribution in [3.05, 3.63) is 122 Å². The van der Waals surface area contributed by atoms with Gasteiger partial charge in [-0.15, -0.1) is 0 Å². The summed E-state index contributed by atoms with van der Waals surface area (Å²) >= 11 is 0. The molecule has 0 bridgehead atoms. The number of phosphoric acid groups is 2. The molecule has 105 heavy (non-hydrogen) atoms. The van der Waals surface area contributed by atoms with Gasteiger partial charge in [-0.25, -0.2) is 9.13 Å². The molecular formula is C87H152O16P2. The van der Waals surface area contributed by atoms with Crippen LogP contribution in [0.2, 0.25) is 0 Å². The third kappa shape index (κ3) is 80.8. The van der Waals surface area contributed by atoms with Gasteiger partial charge in [0, 0.05) is 19.3 Å². The fraction of sp³-hybridized carbons (Fsp3) is 0.736. The van der Waals surface area contributed by atoms with E-state index in [1.807, 2.05) is 0 Å². The van der Waals surface area contributed by atoms with Crippen molar-refractivity contribution < 1.29 is 75.8 Å². The van der Waals surface area contributed by atoms with Gasteiger partial charge in [-0.1, -0.05) is 341 Å². The minimum atomic E-state index is -4.94. The van der Waals surface area contributed by atoms with E-state index in [1.165, 1.54) is 167 Å². The number of carbonyl (C=O) groups is 3. The summed E-state index contributed by atoms with van der Waals surface area (Å²) in [5.41, 5.74) is 0. The van der Waals surface area contributed by atoms with Crippen LogP contribution in [-0.4, -0.2) is 95.9 Å². The Morgan fingerprint density at radius 2 is 0.505 bits per heavy atom. The number of allylic oxidation sites excluding steroid dienone is 20. The van der Waals surface area contributed by atoms with Crippen LogP contribution in [0.3, 0.4) is 0 Å². The topological polar surface area (TPSA) is 231 Å². The van der Waals surface area contributed by atoms with Crippen LogP contribution in [0.5, 0.6) is 0 Å². The number of aliphatic hydroxyl groups is 2. The number of phosphoric ester groups is 2. The SMILES string of the molecule is CC/C=C\C/C=C\C/C=C\C/C=C\C/C=C\C/C=C\CCCCCCC(=O)OCC(COP(=O)(O)OCC(O)COP(=O)(O)OCC(O)COC(=O)CCCCCCCCCCCCCCCCC/C=C\C/C=C\C/C=C\C/C=C\CCCCC)OC(=O)CCCCCCCCCCCCCCCCC. The smallest absolute Gasteiger partial charge is 0.463 e. The average Bonchev–Trinajstić information content (AvgIpc) is 0.920. The molecule has 0 saturated carbocycles. The first-order valence-corrected chi connectivity index (χ1v) is 44.8. The number of hydrogen-bond acceptors (Lipinski definition) is 14. The fourth-order valence-electron chi connectivity index (χ4n) is 11.3. The van der Waals surface area contributed by atoms with E-state index in [-0.39, 0.29) is 19.3 Å². The van der Waals surface area contributed by atoms with Crippen LogP contribution in [0.15, 0.2) is 122 Å². The van der Waals surface area contributed by atoms with Gasteiger partial charge < -0.3 is 34.2 Å². The van der Waals surface area contributed by atoms with Crippen molar-refractivity contribution in [3.8, 4) is 0 Å². The Bertz CT molecular complexity index is 2390. The summed E-state index contributed by atoms with van der Waals surface area (Å²) in [6.45, 7) is 2.55. The van der Waals surface area contributed by atoms with Crippen LogP contribution in [0.4, 0.5) is 0 Å². The second-order valence-corrected chi connectivity index (χ2v) is 30.8. The number of esters is 3. The van der Waals surface area contributed by atoms with Crippen LogP contribution in [-0.2, 0) is 55.8 Å². The molecule has 606 valence electrons. The quantitative estimate of drug-likeness (QED) is 0.0146. The van der Waals surface area contributed by atoms with E-state index in [1.54, 1.807) is 0 Å². The Morgan fingerprint density at radius 3 is 0.819 bits per heavy atom. The second kappa shape index (κ2) is 79.5. The van der Waals surface area contributed by atoms with E-state index in [0.29, 0.717) is 19.3 Å². The molecular weight excluding hydrogens is 1360 g/mol. The van der Waals surface area contributed by atoms with Crippen LogP contribution in [0.1, 0.15) is 355 Å². The van der Waals surface area contributed by atoms with Gasteiger partial charge in [-0.05, 0) is 116 Å². The average molecular weight is 1520 g/mol. The number of ether oxygens (including phenoxy) is 3. The zero-order valence-electron chi connectivity index (χ0n) is 66.4. The predicted molar refractivity (Wildman–Crippen MR) is 436 cm³/mol. The van der Waals surface area contributed by atoms with E-state index >= 15 is 0 Å². The largest absolute Gasteiger partial charge is 0.472 e. The zero-order chi connectivity index (χ0) is 76.6. The summed E-state index contributed by atoms with van der Waals surface area (Å²) in [5, 5.41) is 20.7. The van der Waals surface area contributed by atoms with Crippen molar-refractivity contribution in [1.29, 1.82) is 0 Å². The normalized spacial score (nSPS) is 14.5. The Balaban J connectivity index is 4.51. The maximum Gasteiger partial charge on any atom is 0.472 e. The summed E-state index contributed by atoms with van der Waals surface area (Å²) in [6.07, 6.45) is 95.3. The van der Waals surface area contributed by atoms with Gasteiger partial charge in [0.1, 0.15) is 25.4 Å².